The number of hydrogen-bond acceptors (Lipinski definition) is 4. The lowest BCUT2D eigenvalue weighted by atomic mass is 9.88. The van der Waals surface area contributed by atoms with Crippen molar-refractivity contribution in [3.63, 3.8) is 0 Å². The molecule has 4 nitrogen and oxygen atoms in total. The molecule has 0 aliphatic carbocycles. The van der Waals surface area contributed by atoms with Gasteiger partial charge in [0.1, 0.15) is 18.2 Å². The summed E-state index contributed by atoms with van der Waals surface area (Å²) in [6.45, 7) is 2.75. The lowest BCUT2D eigenvalue weighted by molar-refractivity contribution is 0.145. The van der Waals surface area contributed by atoms with Crippen molar-refractivity contribution in [2.75, 3.05) is 20.3 Å². The molecule has 1 heterocycles. The van der Waals surface area contributed by atoms with E-state index in [2.05, 4.69) is 4.98 Å². The number of halogens is 1. The molecule has 1 unspecified atom stereocenters. The molecule has 1 aromatic heterocycles. The van der Waals surface area contributed by atoms with Gasteiger partial charge < -0.3 is 15.2 Å². The van der Waals surface area contributed by atoms with Gasteiger partial charge in [-0.2, -0.15) is 0 Å². The molecule has 0 amide bonds. The molecule has 21 heavy (non-hydrogen) atoms. The molecule has 0 saturated carbocycles. The van der Waals surface area contributed by atoms with Crippen LogP contribution in [-0.4, -0.2) is 25.3 Å². The molecule has 0 aliphatic rings. The molecule has 2 N–H and O–H groups in total. The normalized spacial score (nSPS) is 13.7. The zero-order chi connectivity index (χ0) is 15.3. The minimum absolute atomic E-state index is 0.390. The summed E-state index contributed by atoms with van der Waals surface area (Å²) in [5, 5.41) is 0. The number of benzene rings is 1. The monoisotopic (exact) mass is 290 g/mol. The highest BCUT2D eigenvalue weighted by atomic mass is 19.1. The Morgan fingerprint density at radius 1 is 1.19 bits per heavy atom. The second kappa shape index (κ2) is 6.65. The van der Waals surface area contributed by atoms with Gasteiger partial charge in [0.05, 0.1) is 24.0 Å². The minimum Gasteiger partial charge on any atom is -0.491 e. The molecule has 0 radical (unpaired) electrons. The highest BCUT2D eigenvalue weighted by Gasteiger charge is 2.28. The number of pyridine rings is 1. The molecule has 1 atom stereocenters. The second-order valence-corrected chi connectivity index (χ2v) is 4.90. The quantitative estimate of drug-likeness (QED) is 0.830. The first kappa shape index (κ1) is 15.4. The highest BCUT2D eigenvalue weighted by Crippen LogP contribution is 2.32. The topological polar surface area (TPSA) is 57.4 Å². The molecule has 0 spiro atoms. The summed E-state index contributed by atoms with van der Waals surface area (Å²) >= 11 is 0. The number of rotatable bonds is 6. The summed E-state index contributed by atoms with van der Waals surface area (Å²) in [4.78, 5) is 4.08. The van der Waals surface area contributed by atoms with Crippen LogP contribution in [0.25, 0.3) is 0 Å². The van der Waals surface area contributed by atoms with Crippen LogP contribution in [0.4, 0.5) is 4.39 Å². The summed E-state index contributed by atoms with van der Waals surface area (Å²) in [6, 6.07) is 10.4. The van der Waals surface area contributed by atoms with Crippen molar-refractivity contribution in [1.82, 2.24) is 4.98 Å². The average molecular weight is 290 g/mol. The van der Waals surface area contributed by atoms with E-state index in [0.717, 1.165) is 11.8 Å². The molecule has 0 fully saturated rings. The van der Waals surface area contributed by atoms with Gasteiger partial charge in [0.25, 0.3) is 0 Å². The summed E-state index contributed by atoms with van der Waals surface area (Å²) in [5.41, 5.74) is 6.91. The lowest BCUT2D eigenvalue weighted by Crippen LogP contribution is -2.35. The lowest BCUT2D eigenvalue weighted by Gasteiger charge is -2.27. The molecule has 0 saturated heterocycles. The average Bonchev–Trinajstić information content (AvgIpc) is 2.48. The Kier molecular flexibility index (Phi) is 4.88. The van der Waals surface area contributed by atoms with Crippen molar-refractivity contribution in [1.29, 1.82) is 0 Å². The van der Waals surface area contributed by atoms with Crippen molar-refractivity contribution in [2.45, 2.75) is 12.5 Å². The van der Waals surface area contributed by atoms with Crippen LogP contribution in [0.2, 0.25) is 0 Å². The molecular weight excluding hydrogens is 271 g/mol. The maximum Gasteiger partial charge on any atom is 0.141 e. The van der Waals surface area contributed by atoms with Gasteiger partial charge in [0, 0.05) is 12.7 Å². The predicted molar refractivity (Wildman–Crippen MR) is 78.6 cm³/mol. The van der Waals surface area contributed by atoms with Gasteiger partial charge in [-0.3, -0.25) is 4.98 Å². The molecule has 5 heteroatoms. The van der Waals surface area contributed by atoms with E-state index in [0.29, 0.717) is 24.7 Å². The first-order valence-corrected chi connectivity index (χ1v) is 6.68. The van der Waals surface area contributed by atoms with Crippen molar-refractivity contribution in [3.8, 4) is 5.75 Å². The molecule has 112 valence electrons. The molecule has 1 aromatic carbocycles. The Bertz CT molecular complexity index is 585. The fourth-order valence-corrected chi connectivity index (χ4v) is 2.08. The van der Waals surface area contributed by atoms with E-state index in [9.17, 15) is 4.39 Å². The number of hydrogen-bond donors (Lipinski definition) is 1. The van der Waals surface area contributed by atoms with E-state index in [1.165, 1.54) is 6.07 Å². The molecule has 2 rings (SSSR count). The fraction of sp³-hybridized carbons (Fsp3) is 0.312. The van der Waals surface area contributed by atoms with Gasteiger partial charge in [-0.1, -0.05) is 18.2 Å². The molecular formula is C16H19FN2O2. The first-order chi connectivity index (χ1) is 10.1. The molecule has 0 aliphatic heterocycles. The molecule has 2 aromatic rings. The predicted octanol–water partition coefficient (Wildman–Crippen LogP) is 2.47. The van der Waals surface area contributed by atoms with Crippen LogP contribution in [0, 0.1) is 5.82 Å². The number of nitrogens with zero attached hydrogens (tertiary/aromatic N) is 1. The largest absolute Gasteiger partial charge is 0.491 e. The van der Waals surface area contributed by atoms with Crippen molar-refractivity contribution in [2.24, 2.45) is 5.73 Å². The van der Waals surface area contributed by atoms with Gasteiger partial charge in [-0.05, 0) is 25.1 Å². The third-order valence-electron chi connectivity index (χ3n) is 3.25. The SMILES string of the molecule is COCCOc1ccccc1C(C)(N)c1ccc(F)cn1. The number of methoxy groups -OCH3 is 1. The van der Waals surface area contributed by atoms with Crippen LogP contribution in [0.1, 0.15) is 18.2 Å². The highest BCUT2D eigenvalue weighted by molar-refractivity contribution is 5.43. The Morgan fingerprint density at radius 2 is 1.95 bits per heavy atom. The van der Waals surface area contributed by atoms with Crippen LogP contribution in [-0.2, 0) is 10.3 Å². The first-order valence-electron chi connectivity index (χ1n) is 6.68. The van der Waals surface area contributed by atoms with Crippen molar-refractivity contribution >= 4 is 0 Å². The number of para-hydroxylation sites is 1. The van der Waals surface area contributed by atoms with E-state index in [-0.39, 0.29) is 5.82 Å². The van der Waals surface area contributed by atoms with Crippen LogP contribution in [0.5, 0.6) is 5.75 Å². The van der Waals surface area contributed by atoms with E-state index in [4.69, 9.17) is 15.2 Å². The Labute approximate surface area is 123 Å². The maximum absolute atomic E-state index is 13.0. The van der Waals surface area contributed by atoms with Crippen LogP contribution < -0.4 is 10.5 Å². The zero-order valence-electron chi connectivity index (χ0n) is 12.2. The summed E-state index contributed by atoms with van der Waals surface area (Å²) in [6.07, 6.45) is 1.16. The summed E-state index contributed by atoms with van der Waals surface area (Å²) in [7, 11) is 1.62. The number of aromatic nitrogens is 1. The standard InChI is InChI=1S/C16H19FN2O2/c1-16(18,15-8-7-12(17)11-19-15)13-5-3-4-6-14(13)21-10-9-20-2/h3-8,11H,9-10,18H2,1-2H3. The van der Waals surface area contributed by atoms with Crippen LogP contribution in [0.15, 0.2) is 42.6 Å². The Balaban J connectivity index is 2.32. The van der Waals surface area contributed by atoms with E-state index >= 15 is 0 Å². The van der Waals surface area contributed by atoms with E-state index in [1.807, 2.05) is 31.2 Å². The van der Waals surface area contributed by atoms with Gasteiger partial charge in [-0.15, -0.1) is 0 Å². The van der Waals surface area contributed by atoms with E-state index < -0.39 is 5.54 Å². The summed E-state index contributed by atoms with van der Waals surface area (Å²) in [5.74, 6) is 0.282. The Hall–Kier alpha value is -1.98. The number of nitrogens with two attached hydrogens (primary N) is 1. The zero-order valence-corrected chi connectivity index (χ0v) is 12.2. The number of ether oxygens (including phenoxy) is 2. The van der Waals surface area contributed by atoms with Gasteiger partial charge >= 0.3 is 0 Å². The van der Waals surface area contributed by atoms with Crippen molar-refractivity contribution < 1.29 is 13.9 Å². The van der Waals surface area contributed by atoms with Crippen molar-refractivity contribution in [3.05, 3.63) is 59.7 Å². The Morgan fingerprint density at radius 3 is 2.62 bits per heavy atom. The van der Waals surface area contributed by atoms with Crippen LogP contribution >= 0.6 is 0 Å². The van der Waals surface area contributed by atoms with Crippen LogP contribution in [0.3, 0.4) is 0 Å². The summed E-state index contributed by atoms with van der Waals surface area (Å²) < 4.78 is 23.7. The second-order valence-electron chi connectivity index (χ2n) is 4.90. The van der Waals surface area contributed by atoms with Gasteiger partial charge in [0.15, 0.2) is 0 Å². The maximum atomic E-state index is 13.0. The molecule has 0 bridgehead atoms. The van der Waals surface area contributed by atoms with E-state index in [1.54, 1.807) is 13.2 Å². The fourth-order valence-electron chi connectivity index (χ4n) is 2.08. The third-order valence-corrected chi connectivity index (χ3v) is 3.25. The van der Waals surface area contributed by atoms with Gasteiger partial charge in [-0.25, -0.2) is 4.39 Å². The van der Waals surface area contributed by atoms with Gasteiger partial charge in [0.2, 0.25) is 0 Å². The minimum atomic E-state index is -0.878. The third kappa shape index (κ3) is 3.56. The smallest absolute Gasteiger partial charge is 0.141 e.